The van der Waals surface area contributed by atoms with Crippen LogP contribution >= 0.6 is 11.8 Å². The van der Waals surface area contributed by atoms with Gasteiger partial charge in [0.25, 0.3) is 11.1 Å². The van der Waals surface area contributed by atoms with E-state index in [2.05, 4.69) is 16.8 Å². The molecule has 0 aliphatic rings. The van der Waals surface area contributed by atoms with E-state index in [-0.39, 0.29) is 28.3 Å². The molecule has 0 radical (unpaired) electrons. The number of hydrogen-bond acceptors (Lipinski definition) is 5. The average Bonchev–Trinajstić information content (AvgIpc) is 3.14. The van der Waals surface area contributed by atoms with Gasteiger partial charge in [0.2, 0.25) is 5.91 Å². The maximum atomic E-state index is 13.8. The van der Waals surface area contributed by atoms with Crippen LogP contribution in [-0.2, 0) is 4.79 Å². The van der Waals surface area contributed by atoms with Crippen LogP contribution < -0.4 is 4.90 Å². The van der Waals surface area contributed by atoms with Crippen LogP contribution in [0.5, 0.6) is 0 Å². The number of para-hydroxylation sites is 1. The molecule has 1 heterocycles. The fourth-order valence-corrected chi connectivity index (χ4v) is 2.94. The number of carbonyl (C=O) groups is 1. The Morgan fingerprint density at radius 2 is 1.88 bits per heavy atom. The lowest BCUT2D eigenvalue weighted by Crippen LogP contribution is -2.32. The summed E-state index contributed by atoms with van der Waals surface area (Å²) in [7, 11) is 0. The first kappa shape index (κ1) is 17.9. The van der Waals surface area contributed by atoms with Crippen LogP contribution in [0.25, 0.3) is 11.5 Å². The van der Waals surface area contributed by atoms with Gasteiger partial charge in [-0.1, -0.05) is 48.2 Å². The molecule has 0 spiro atoms. The van der Waals surface area contributed by atoms with E-state index in [0.717, 1.165) is 17.4 Å². The van der Waals surface area contributed by atoms with E-state index >= 15 is 0 Å². The normalized spacial score (nSPS) is 10.5. The first-order valence-corrected chi connectivity index (χ1v) is 8.85. The van der Waals surface area contributed by atoms with Crippen molar-refractivity contribution in [2.45, 2.75) is 5.22 Å². The summed E-state index contributed by atoms with van der Waals surface area (Å²) in [5, 5.41) is 7.93. The van der Waals surface area contributed by atoms with Gasteiger partial charge >= 0.3 is 0 Å². The number of anilines is 1. The van der Waals surface area contributed by atoms with Gasteiger partial charge in [0.05, 0.1) is 11.3 Å². The minimum Gasteiger partial charge on any atom is -0.411 e. The van der Waals surface area contributed by atoms with Gasteiger partial charge in [-0.25, -0.2) is 4.39 Å². The monoisotopic (exact) mass is 369 g/mol. The lowest BCUT2D eigenvalue weighted by Gasteiger charge is -2.20. The number of benzene rings is 2. The number of hydrogen-bond donors (Lipinski definition) is 0. The number of amides is 1. The summed E-state index contributed by atoms with van der Waals surface area (Å²) < 4.78 is 19.2. The molecule has 1 amide bonds. The third-order valence-corrected chi connectivity index (χ3v) is 4.31. The predicted octanol–water partition coefficient (Wildman–Crippen LogP) is 4.19. The Balaban J connectivity index is 1.67. The number of thioether (sulfide) groups is 1. The topological polar surface area (TPSA) is 59.2 Å². The van der Waals surface area contributed by atoms with Crippen molar-refractivity contribution in [1.82, 2.24) is 10.2 Å². The van der Waals surface area contributed by atoms with Crippen molar-refractivity contribution in [1.29, 1.82) is 0 Å². The summed E-state index contributed by atoms with van der Waals surface area (Å²) in [6, 6.07) is 15.5. The molecule has 0 aliphatic carbocycles. The second-order valence-electron chi connectivity index (χ2n) is 5.27. The first-order chi connectivity index (χ1) is 12.7. The molecule has 3 rings (SSSR count). The summed E-state index contributed by atoms with van der Waals surface area (Å²) in [6.45, 7) is 4.09. The fourth-order valence-electron chi connectivity index (χ4n) is 2.30. The zero-order valence-electron chi connectivity index (χ0n) is 13.8. The van der Waals surface area contributed by atoms with Crippen molar-refractivity contribution in [2.75, 3.05) is 17.2 Å². The van der Waals surface area contributed by atoms with Crippen LogP contribution in [0.1, 0.15) is 0 Å². The molecular formula is C19H16FN3O2S. The minimum absolute atomic E-state index is 0.0871. The van der Waals surface area contributed by atoms with Gasteiger partial charge in [-0.05, 0) is 24.3 Å². The smallest absolute Gasteiger partial charge is 0.277 e. The molecule has 1 aromatic heterocycles. The van der Waals surface area contributed by atoms with E-state index in [9.17, 15) is 9.18 Å². The molecule has 0 bridgehead atoms. The van der Waals surface area contributed by atoms with Crippen LogP contribution in [0.15, 0.2) is 76.9 Å². The molecule has 3 aromatic rings. The van der Waals surface area contributed by atoms with Crippen molar-refractivity contribution >= 4 is 23.4 Å². The van der Waals surface area contributed by atoms with Crippen molar-refractivity contribution in [3.8, 4) is 11.5 Å². The summed E-state index contributed by atoms with van der Waals surface area (Å²) in [4.78, 5) is 14.2. The number of rotatable bonds is 7. The number of halogens is 1. The number of nitrogens with zero attached hydrogens (tertiary/aromatic N) is 3. The maximum absolute atomic E-state index is 13.8. The van der Waals surface area contributed by atoms with E-state index in [1.165, 1.54) is 6.07 Å². The lowest BCUT2D eigenvalue weighted by molar-refractivity contribution is -0.116. The molecule has 0 unspecified atom stereocenters. The lowest BCUT2D eigenvalue weighted by atomic mass is 10.2. The predicted molar refractivity (Wildman–Crippen MR) is 99.4 cm³/mol. The number of aromatic nitrogens is 2. The van der Waals surface area contributed by atoms with Crippen LogP contribution in [-0.4, -0.2) is 28.4 Å². The molecule has 0 N–H and O–H groups in total. The summed E-state index contributed by atoms with van der Waals surface area (Å²) in [5.41, 5.74) is 1.02. The van der Waals surface area contributed by atoms with Gasteiger partial charge < -0.3 is 9.32 Å². The van der Waals surface area contributed by atoms with E-state index in [4.69, 9.17) is 4.42 Å². The Kier molecular flexibility index (Phi) is 5.80. The molecule has 132 valence electrons. The Morgan fingerprint density at radius 1 is 1.15 bits per heavy atom. The minimum atomic E-state index is -0.440. The third-order valence-electron chi connectivity index (χ3n) is 3.51. The average molecular weight is 369 g/mol. The Labute approximate surface area is 154 Å². The van der Waals surface area contributed by atoms with Gasteiger partial charge in [-0.3, -0.25) is 4.79 Å². The van der Waals surface area contributed by atoms with Crippen molar-refractivity contribution < 1.29 is 13.6 Å². The highest BCUT2D eigenvalue weighted by molar-refractivity contribution is 7.99. The summed E-state index contributed by atoms with van der Waals surface area (Å²) in [6.07, 6.45) is 1.67. The van der Waals surface area contributed by atoms with Crippen LogP contribution in [0.3, 0.4) is 0 Å². The molecule has 2 aromatic carbocycles. The van der Waals surface area contributed by atoms with Gasteiger partial charge in [0, 0.05) is 12.2 Å². The second kappa shape index (κ2) is 8.44. The molecule has 7 heteroatoms. The zero-order valence-corrected chi connectivity index (χ0v) is 14.7. The Bertz CT molecular complexity index is 899. The van der Waals surface area contributed by atoms with Gasteiger partial charge in [-0.15, -0.1) is 16.8 Å². The molecule has 0 saturated heterocycles. The largest absolute Gasteiger partial charge is 0.411 e. The SMILES string of the molecule is C=CCN(C(=O)CSc1nnc(-c2ccccc2F)o1)c1ccccc1. The van der Waals surface area contributed by atoms with Crippen LogP contribution in [0.2, 0.25) is 0 Å². The molecule has 5 nitrogen and oxygen atoms in total. The van der Waals surface area contributed by atoms with Crippen molar-refractivity contribution in [3.05, 3.63) is 73.1 Å². The van der Waals surface area contributed by atoms with Gasteiger partial charge in [0.1, 0.15) is 5.82 Å². The maximum Gasteiger partial charge on any atom is 0.277 e. The summed E-state index contributed by atoms with van der Waals surface area (Å²) >= 11 is 1.11. The van der Waals surface area contributed by atoms with E-state index < -0.39 is 5.82 Å². The Hall–Kier alpha value is -2.93. The Morgan fingerprint density at radius 3 is 2.62 bits per heavy atom. The first-order valence-electron chi connectivity index (χ1n) is 7.86. The van der Waals surface area contributed by atoms with E-state index in [1.54, 1.807) is 29.2 Å². The van der Waals surface area contributed by atoms with E-state index in [0.29, 0.717) is 6.54 Å². The highest BCUT2D eigenvalue weighted by Crippen LogP contribution is 2.25. The standard InChI is InChI=1S/C19H16FN3O2S/c1-2-12-23(14-8-4-3-5-9-14)17(24)13-26-19-22-21-18(25-19)15-10-6-7-11-16(15)20/h2-11H,1,12-13H2. The fraction of sp³-hybridized carbons (Fsp3) is 0.105. The third kappa shape index (κ3) is 4.18. The molecule has 26 heavy (non-hydrogen) atoms. The quantitative estimate of drug-likeness (QED) is 0.462. The molecule has 0 atom stereocenters. The van der Waals surface area contributed by atoms with Gasteiger partial charge in [-0.2, -0.15) is 0 Å². The second-order valence-corrected chi connectivity index (χ2v) is 6.20. The highest BCUT2D eigenvalue weighted by Gasteiger charge is 2.17. The molecule has 0 fully saturated rings. The zero-order chi connectivity index (χ0) is 18.4. The molecule has 0 aliphatic heterocycles. The van der Waals surface area contributed by atoms with Crippen LogP contribution in [0.4, 0.5) is 10.1 Å². The molecule has 0 saturated carbocycles. The summed E-state index contributed by atoms with van der Waals surface area (Å²) in [5.74, 6) is -0.359. The molecular weight excluding hydrogens is 353 g/mol. The van der Waals surface area contributed by atoms with Crippen LogP contribution in [0, 0.1) is 5.82 Å². The van der Waals surface area contributed by atoms with Crippen molar-refractivity contribution in [3.63, 3.8) is 0 Å². The highest BCUT2D eigenvalue weighted by atomic mass is 32.2. The van der Waals surface area contributed by atoms with E-state index in [1.807, 2.05) is 30.3 Å². The number of carbonyl (C=O) groups excluding carboxylic acids is 1. The van der Waals surface area contributed by atoms with Crippen molar-refractivity contribution in [2.24, 2.45) is 0 Å². The van der Waals surface area contributed by atoms with Gasteiger partial charge in [0.15, 0.2) is 0 Å².